The molecule has 2 fully saturated rings. The highest BCUT2D eigenvalue weighted by Gasteiger charge is 2.40. The molecule has 0 aliphatic heterocycles. The van der Waals surface area contributed by atoms with Crippen LogP contribution in [0.25, 0.3) is 0 Å². The van der Waals surface area contributed by atoms with Crippen LogP contribution in [0.3, 0.4) is 0 Å². The molecule has 0 spiro atoms. The first-order valence-electron chi connectivity index (χ1n) is 10.8. The first kappa shape index (κ1) is 20.9. The van der Waals surface area contributed by atoms with E-state index in [1.54, 1.807) is 28.5 Å². The van der Waals surface area contributed by atoms with Crippen molar-refractivity contribution in [3.05, 3.63) is 46.7 Å². The van der Waals surface area contributed by atoms with Gasteiger partial charge in [0.05, 0.1) is 0 Å². The lowest BCUT2D eigenvalue weighted by Gasteiger charge is -2.36. The van der Waals surface area contributed by atoms with Gasteiger partial charge in [0.1, 0.15) is 11.9 Å². The highest BCUT2D eigenvalue weighted by Crippen LogP contribution is 2.34. The molecule has 2 aromatic rings. The van der Waals surface area contributed by atoms with Crippen molar-refractivity contribution in [3.8, 4) is 0 Å². The molecule has 8 heteroatoms. The molecule has 0 unspecified atom stereocenters. The summed E-state index contributed by atoms with van der Waals surface area (Å²) < 4.78 is 18.7. The molecule has 30 heavy (non-hydrogen) atoms. The second-order valence-electron chi connectivity index (χ2n) is 8.21. The van der Waals surface area contributed by atoms with E-state index >= 15 is 0 Å². The fourth-order valence-corrected chi connectivity index (χ4v) is 5.14. The van der Waals surface area contributed by atoms with Crippen LogP contribution >= 0.6 is 11.5 Å². The van der Waals surface area contributed by atoms with Gasteiger partial charge in [-0.2, -0.15) is 0 Å². The minimum absolute atomic E-state index is 0.0713. The summed E-state index contributed by atoms with van der Waals surface area (Å²) >= 11 is 1.09. The van der Waals surface area contributed by atoms with Crippen LogP contribution in [0.1, 0.15) is 79.9 Å². The minimum Gasteiger partial charge on any atom is -0.351 e. The summed E-state index contributed by atoms with van der Waals surface area (Å²) in [5, 5.41) is 8.63. The predicted octanol–water partition coefficient (Wildman–Crippen LogP) is 4.25. The van der Waals surface area contributed by atoms with Crippen molar-refractivity contribution in [1.29, 1.82) is 0 Å². The molecule has 0 radical (unpaired) electrons. The Balaban J connectivity index is 1.71. The fraction of sp³-hybridized carbons (Fsp3) is 0.545. The Kier molecular flexibility index (Phi) is 6.72. The summed E-state index contributed by atoms with van der Waals surface area (Å²) in [5.41, 5.74) is 0.438. The standard InChI is InChI=1S/C22H27FN4O2S/c23-18-13-7-6-12-17(18)20(21(28)24-15-8-2-1-3-9-15)27(16-10-4-5-11-16)22(29)19-14-30-26-25-19/h6-7,12-16,20H,1-5,8-11H2,(H,24,28)/t20-/m0/s1. The zero-order valence-corrected chi connectivity index (χ0v) is 17.7. The molecule has 1 N–H and O–H groups in total. The third-order valence-corrected chi connectivity index (χ3v) is 6.71. The maximum Gasteiger partial charge on any atom is 0.276 e. The van der Waals surface area contributed by atoms with Crippen LogP contribution < -0.4 is 5.32 Å². The molecule has 6 nitrogen and oxygen atoms in total. The number of carbonyl (C=O) groups excluding carboxylic acids is 2. The summed E-state index contributed by atoms with van der Waals surface area (Å²) in [4.78, 5) is 28.5. The van der Waals surface area contributed by atoms with Crippen LogP contribution in [0.15, 0.2) is 29.6 Å². The van der Waals surface area contributed by atoms with Crippen molar-refractivity contribution in [1.82, 2.24) is 19.8 Å². The van der Waals surface area contributed by atoms with Gasteiger partial charge in [-0.05, 0) is 43.3 Å². The molecule has 1 aromatic heterocycles. The quantitative estimate of drug-likeness (QED) is 0.743. The minimum atomic E-state index is -1.02. The molecule has 4 rings (SSSR count). The normalized spacial score (nSPS) is 18.8. The van der Waals surface area contributed by atoms with E-state index in [0.29, 0.717) is 0 Å². The highest BCUT2D eigenvalue weighted by molar-refractivity contribution is 7.03. The predicted molar refractivity (Wildman–Crippen MR) is 112 cm³/mol. The van der Waals surface area contributed by atoms with Gasteiger partial charge in [-0.3, -0.25) is 9.59 Å². The molecule has 2 amide bonds. The van der Waals surface area contributed by atoms with Gasteiger partial charge in [0.2, 0.25) is 5.91 Å². The van der Waals surface area contributed by atoms with Crippen LogP contribution in [0.2, 0.25) is 0 Å². The molecule has 2 aliphatic rings. The van der Waals surface area contributed by atoms with Gasteiger partial charge in [-0.25, -0.2) is 4.39 Å². The number of hydrogen-bond donors (Lipinski definition) is 1. The summed E-state index contributed by atoms with van der Waals surface area (Å²) in [7, 11) is 0. The number of aromatic nitrogens is 2. The van der Waals surface area contributed by atoms with E-state index in [4.69, 9.17) is 0 Å². The SMILES string of the molecule is O=C(NC1CCCCC1)[C@H](c1ccccc1F)N(C(=O)c1csnn1)C1CCCC1. The van der Waals surface area contributed by atoms with E-state index in [1.807, 2.05) is 0 Å². The lowest BCUT2D eigenvalue weighted by Crippen LogP contribution is -2.50. The van der Waals surface area contributed by atoms with Crippen LogP contribution in [0.5, 0.6) is 0 Å². The number of rotatable bonds is 6. The maximum atomic E-state index is 14.9. The molecule has 2 aliphatic carbocycles. The Morgan fingerprint density at radius 1 is 1.07 bits per heavy atom. The van der Waals surface area contributed by atoms with Crippen molar-refractivity contribution < 1.29 is 14.0 Å². The zero-order chi connectivity index (χ0) is 20.9. The molecule has 2 saturated carbocycles. The number of amides is 2. The second kappa shape index (κ2) is 9.64. The number of nitrogens with one attached hydrogen (secondary N) is 1. The van der Waals surface area contributed by atoms with E-state index in [2.05, 4.69) is 14.9 Å². The van der Waals surface area contributed by atoms with E-state index in [0.717, 1.165) is 62.9 Å². The number of halogens is 1. The smallest absolute Gasteiger partial charge is 0.276 e. The van der Waals surface area contributed by atoms with Crippen molar-refractivity contribution in [2.45, 2.75) is 75.9 Å². The lowest BCUT2D eigenvalue weighted by atomic mass is 9.94. The fourth-order valence-electron chi connectivity index (χ4n) is 4.71. The second-order valence-corrected chi connectivity index (χ2v) is 8.82. The number of benzene rings is 1. The van der Waals surface area contributed by atoms with Gasteiger partial charge in [0.25, 0.3) is 5.91 Å². The Morgan fingerprint density at radius 3 is 2.43 bits per heavy atom. The Bertz CT molecular complexity index is 864. The van der Waals surface area contributed by atoms with Crippen LogP contribution in [0, 0.1) is 5.82 Å². The van der Waals surface area contributed by atoms with E-state index in [-0.39, 0.29) is 35.2 Å². The topological polar surface area (TPSA) is 75.2 Å². The number of hydrogen-bond acceptors (Lipinski definition) is 5. The van der Waals surface area contributed by atoms with Crippen LogP contribution in [-0.2, 0) is 4.79 Å². The van der Waals surface area contributed by atoms with Gasteiger partial charge in [-0.15, -0.1) is 5.10 Å². The largest absolute Gasteiger partial charge is 0.351 e. The van der Waals surface area contributed by atoms with E-state index in [1.165, 1.54) is 12.5 Å². The zero-order valence-electron chi connectivity index (χ0n) is 16.9. The van der Waals surface area contributed by atoms with Crippen molar-refractivity contribution in [2.75, 3.05) is 0 Å². The van der Waals surface area contributed by atoms with E-state index in [9.17, 15) is 14.0 Å². The Morgan fingerprint density at radius 2 is 1.77 bits per heavy atom. The van der Waals surface area contributed by atoms with Crippen LogP contribution in [0.4, 0.5) is 4.39 Å². The first-order chi connectivity index (χ1) is 14.6. The van der Waals surface area contributed by atoms with Gasteiger partial charge in [0, 0.05) is 23.0 Å². The number of nitrogens with zero attached hydrogens (tertiary/aromatic N) is 3. The summed E-state index contributed by atoms with van der Waals surface area (Å²) in [5.74, 6) is -1.15. The first-order valence-corrected chi connectivity index (χ1v) is 11.6. The van der Waals surface area contributed by atoms with Gasteiger partial charge >= 0.3 is 0 Å². The highest BCUT2D eigenvalue weighted by atomic mass is 32.1. The maximum absolute atomic E-state index is 14.9. The summed E-state index contributed by atoms with van der Waals surface area (Å²) in [6.45, 7) is 0. The molecule has 160 valence electrons. The molecule has 0 bridgehead atoms. The van der Waals surface area contributed by atoms with Gasteiger partial charge < -0.3 is 10.2 Å². The average Bonchev–Trinajstić information content (AvgIpc) is 3.47. The molecule has 1 aromatic carbocycles. The average molecular weight is 431 g/mol. The lowest BCUT2D eigenvalue weighted by molar-refractivity contribution is -0.127. The number of carbonyl (C=O) groups is 2. The monoisotopic (exact) mass is 430 g/mol. The van der Waals surface area contributed by atoms with Crippen LogP contribution in [-0.4, -0.2) is 38.4 Å². The Hall–Kier alpha value is -2.35. The molecule has 0 saturated heterocycles. The van der Waals surface area contributed by atoms with E-state index < -0.39 is 11.9 Å². The summed E-state index contributed by atoms with van der Waals surface area (Å²) in [6.07, 6.45) is 8.72. The van der Waals surface area contributed by atoms with Crippen molar-refractivity contribution in [3.63, 3.8) is 0 Å². The van der Waals surface area contributed by atoms with Gasteiger partial charge in [-0.1, -0.05) is 54.8 Å². The van der Waals surface area contributed by atoms with Crippen molar-refractivity contribution in [2.24, 2.45) is 0 Å². The van der Waals surface area contributed by atoms with Gasteiger partial charge in [0.15, 0.2) is 5.69 Å². The van der Waals surface area contributed by atoms with Crippen molar-refractivity contribution >= 4 is 23.3 Å². The Labute approximate surface area is 180 Å². The molecule has 1 heterocycles. The summed E-state index contributed by atoms with van der Waals surface area (Å²) in [6, 6.07) is 5.18. The third-order valence-electron chi connectivity index (χ3n) is 6.21. The molecular formula is C22H27FN4O2S. The third kappa shape index (κ3) is 4.53. The molecule has 1 atom stereocenters. The molecular weight excluding hydrogens is 403 g/mol.